The number of anilines is 1. The van der Waals surface area contributed by atoms with Gasteiger partial charge in [-0.3, -0.25) is 4.90 Å². The van der Waals surface area contributed by atoms with Crippen molar-refractivity contribution in [2.75, 3.05) is 12.8 Å². The quantitative estimate of drug-likeness (QED) is 0.838. The highest BCUT2D eigenvalue weighted by atomic mass is 35.5. The van der Waals surface area contributed by atoms with Crippen molar-refractivity contribution in [1.29, 1.82) is 0 Å². The highest BCUT2D eigenvalue weighted by Crippen LogP contribution is 2.23. The molecule has 1 saturated carbocycles. The zero-order chi connectivity index (χ0) is 11.4. The van der Waals surface area contributed by atoms with Gasteiger partial charge in [0.05, 0.1) is 0 Å². The van der Waals surface area contributed by atoms with Crippen LogP contribution in [0.2, 0.25) is 0 Å². The molecule has 1 aromatic carbocycles. The molecular formula is C14H23ClN2. The van der Waals surface area contributed by atoms with Crippen molar-refractivity contribution in [3.05, 3.63) is 29.8 Å². The molecule has 2 N–H and O–H groups in total. The van der Waals surface area contributed by atoms with Gasteiger partial charge in [-0.25, -0.2) is 0 Å². The van der Waals surface area contributed by atoms with E-state index in [-0.39, 0.29) is 12.4 Å². The van der Waals surface area contributed by atoms with E-state index >= 15 is 0 Å². The number of halogens is 1. The minimum atomic E-state index is 0. The predicted molar refractivity (Wildman–Crippen MR) is 76.4 cm³/mol. The summed E-state index contributed by atoms with van der Waals surface area (Å²) < 4.78 is 0. The van der Waals surface area contributed by atoms with E-state index in [9.17, 15) is 0 Å². The minimum absolute atomic E-state index is 0. The fourth-order valence-corrected chi connectivity index (χ4v) is 2.60. The summed E-state index contributed by atoms with van der Waals surface area (Å²) >= 11 is 0. The molecule has 0 bridgehead atoms. The van der Waals surface area contributed by atoms with Crippen molar-refractivity contribution in [2.24, 2.45) is 0 Å². The Labute approximate surface area is 111 Å². The van der Waals surface area contributed by atoms with E-state index in [2.05, 4.69) is 24.1 Å². The first-order valence-electron chi connectivity index (χ1n) is 6.31. The lowest BCUT2D eigenvalue weighted by atomic mass is 9.94. The van der Waals surface area contributed by atoms with Crippen LogP contribution in [-0.2, 0) is 6.54 Å². The van der Waals surface area contributed by atoms with Crippen LogP contribution in [0.15, 0.2) is 24.3 Å². The molecule has 0 amide bonds. The van der Waals surface area contributed by atoms with Crippen LogP contribution in [0.25, 0.3) is 0 Å². The largest absolute Gasteiger partial charge is 0.398 e. The average Bonchev–Trinajstić information content (AvgIpc) is 2.33. The van der Waals surface area contributed by atoms with Crippen LogP contribution in [0, 0.1) is 0 Å². The second-order valence-corrected chi connectivity index (χ2v) is 4.91. The molecular weight excluding hydrogens is 232 g/mol. The summed E-state index contributed by atoms with van der Waals surface area (Å²) in [5.74, 6) is 0. The third kappa shape index (κ3) is 3.90. The lowest BCUT2D eigenvalue weighted by Gasteiger charge is -2.31. The molecule has 0 heterocycles. The molecule has 0 aliphatic heterocycles. The number of rotatable bonds is 3. The maximum Gasteiger partial charge on any atom is 0.0359 e. The van der Waals surface area contributed by atoms with Crippen LogP contribution >= 0.6 is 12.4 Å². The van der Waals surface area contributed by atoms with E-state index in [1.807, 2.05) is 12.1 Å². The molecule has 0 spiro atoms. The molecule has 17 heavy (non-hydrogen) atoms. The normalized spacial score (nSPS) is 16.8. The molecule has 2 nitrogen and oxygen atoms in total. The Hall–Kier alpha value is -0.730. The second kappa shape index (κ2) is 6.87. The smallest absolute Gasteiger partial charge is 0.0359 e. The van der Waals surface area contributed by atoms with Gasteiger partial charge < -0.3 is 5.73 Å². The highest BCUT2D eigenvalue weighted by Gasteiger charge is 2.18. The number of hydrogen-bond acceptors (Lipinski definition) is 2. The highest BCUT2D eigenvalue weighted by molar-refractivity contribution is 5.85. The van der Waals surface area contributed by atoms with E-state index in [1.54, 1.807) is 0 Å². The number of nitrogens with two attached hydrogens (primary N) is 1. The molecule has 1 aliphatic carbocycles. The number of hydrogen-bond donors (Lipinski definition) is 1. The van der Waals surface area contributed by atoms with E-state index in [4.69, 9.17) is 5.73 Å². The molecule has 0 saturated heterocycles. The van der Waals surface area contributed by atoms with Gasteiger partial charge >= 0.3 is 0 Å². The van der Waals surface area contributed by atoms with Crippen LogP contribution in [0.4, 0.5) is 5.69 Å². The van der Waals surface area contributed by atoms with Crippen molar-refractivity contribution in [3.8, 4) is 0 Å². The van der Waals surface area contributed by atoms with E-state index in [0.29, 0.717) is 0 Å². The summed E-state index contributed by atoms with van der Waals surface area (Å²) in [7, 11) is 2.22. The van der Waals surface area contributed by atoms with Gasteiger partial charge in [0.25, 0.3) is 0 Å². The molecule has 96 valence electrons. The monoisotopic (exact) mass is 254 g/mol. The average molecular weight is 255 g/mol. The number of nitrogens with zero attached hydrogens (tertiary/aromatic N) is 1. The van der Waals surface area contributed by atoms with E-state index in [0.717, 1.165) is 18.3 Å². The fourth-order valence-electron chi connectivity index (χ4n) is 2.60. The Bertz CT molecular complexity index is 335. The van der Waals surface area contributed by atoms with Crippen molar-refractivity contribution < 1.29 is 0 Å². The Balaban J connectivity index is 0.00000144. The molecule has 1 fully saturated rings. The van der Waals surface area contributed by atoms with Gasteiger partial charge in [-0.1, -0.05) is 37.5 Å². The third-order valence-electron chi connectivity index (χ3n) is 3.67. The molecule has 0 aromatic heterocycles. The van der Waals surface area contributed by atoms with Crippen LogP contribution in [-0.4, -0.2) is 18.0 Å². The van der Waals surface area contributed by atoms with Gasteiger partial charge in [-0.15, -0.1) is 12.4 Å². The predicted octanol–water partition coefficient (Wildman–Crippen LogP) is 3.46. The first-order chi connectivity index (χ1) is 7.77. The van der Waals surface area contributed by atoms with Crippen LogP contribution in [0.5, 0.6) is 0 Å². The molecule has 1 aliphatic rings. The van der Waals surface area contributed by atoms with Crippen molar-refractivity contribution >= 4 is 18.1 Å². The van der Waals surface area contributed by atoms with Gasteiger partial charge in [0.1, 0.15) is 0 Å². The summed E-state index contributed by atoms with van der Waals surface area (Å²) in [5, 5.41) is 0. The Morgan fingerprint density at radius 2 is 1.82 bits per heavy atom. The van der Waals surface area contributed by atoms with Gasteiger partial charge in [-0.2, -0.15) is 0 Å². The summed E-state index contributed by atoms with van der Waals surface area (Å²) in [6.07, 6.45) is 6.89. The van der Waals surface area contributed by atoms with Crippen molar-refractivity contribution in [1.82, 2.24) is 4.90 Å². The van der Waals surface area contributed by atoms with Crippen molar-refractivity contribution in [2.45, 2.75) is 44.7 Å². The molecule has 2 rings (SSSR count). The van der Waals surface area contributed by atoms with Gasteiger partial charge in [0.2, 0.25) is 0 Å². The first-order valence-corrected chi connectivity index (χ1v) is 6.31. The molecule has 0 atom stereocenters. The zero-order valence-electron chi connectivity index (χ0n) is 10.6. The summed E-state index contributed by atoms with van der Waals surface area (Å²) in [4.78, 5) is 2.46. The first kappa shape index (κ1) is 14.3. The third-order valence-corrected chi connectivity index (χ3v) is 3.67. The maximum atomic E-state index is 5.97. The maximum absolute atomic E-state index is 5.97. The summed E-state index contributed by atoms with van der Waals surface area (Å²) in [5.41, 5.74) is 8.15. The van der Waals surface area contributed by atoms with Gasteiger partial charge in [-0.05, 0) is 31.5 Å². The lowest BCUT2D eigenvalue weighted by molar-refractivity contribution is 0.185. The second-order valence-electron chi connectivity index (χ2n) is 4.91. The van der Waals surface area contributed by atoms with Crippen LogP contribution in [0.1, 0.15) is 37.7 Å². The minimum Gasteiger partial charge on any atom is -0.398 e. The lowest BCUT2D eigenvalue weighted by Crippen LogP contribution is -2.33. The fraction of sp³-hybridized carbons (Fsp3) is 0.571. The topological polar surface area (TPSA) is 29.3 Å². The SMILES string of the molecule is CN(Cc1ccccc1N)C1CCCCC1.Cl. The van der Waals surface area contributed by atoms with Crippen LogP contribution in [0.3, 0.4) is 0 Å². The number of benzene rings is 1. The summed E-state index contributed by atoms with van der Waals surface area (Å²) in [6.45, 7) is 0.983. The number of nitrogen functional groups attached to an aromatic ring is 1. The van der Waals surface area contributed by atoms with E-state index < -0.39 is 0 Å². The van der Waals surface area contributed by atoms with Crippen LogP contribution < -0.4 is 5.73 Å². The summed E-state index contributed by atoms with van der Waals surface area (Å²) in [6, 6.07) is 8.95. The van der Waals surface area contributed by atoms with Gasteiger partial charge in [0, 0.05) is 18.3 Å². The molecule has 1 aromatic rings. The Morgan fingerprint density at radius 1 is 1.18 bits per heavy atom. The van der Waals surface area contributed by atoms with Crippen molar-refractivity contribution in [3.63, 3.8) is 0 Å². The standard InChI is InChI=1S/C14H22N2.ClH/c1-16(13-8-3-2-4-9-13)11-12-7-5-6-10-14(12)15;/h5-7,10,13H,2-4,8-9,11,15H2,1H3;1H. The van der Waals surface area contributed by atoms with Gasteiger partial charge in [0.15, 0.2) is 0 Å². The molecule has 3 heteroatoms. The Morgan fingerprint density at radius 3 is 2.47 bits per heavy atom. The zero-order valence-corrected chi connectivity index (χ0v) is 11.4. The molecule has 0 unspecified atom stereocenters. The van der Waals surface area contributed by atoms with E-state index in [1.165, 1.54) is 37.7 Å². The molecule has 0 radical (unpaired) electrons. The Kier molecular flexibility index (Phi) is 5.79. The number of para-hydroxylation sites is 1.